The number of benzene rings is 1. The number of thioether (sulfide) groups is 1. The van der Waals surface area contributed by atoms with Gasteiger partial charge in [-0.25, -0.2) is 9.69 Å². The van der Waals surface area contributed by atoms with E-state index in [1.807, 2.05) is 67.5 Å². The zero-order valence-electron chi connectivity index (χ0n) is 35.2. The third-order valence-electron chi connectivity index (χ3n) is 10.9. The molecule has 314 valence electrons. The van der Waals surface area contributed by atoms with Gasteiger partial charge in [-0.1, -0.05) is 80.4 Å². The highest BCUT2D eigenvalue weighted by atomic mass is 32.2. The Morgan fingerprint density at radius 3 is 2.29 bits per heavy atom. The molecule has 1 aromatic carbocycles. The molecule has 13 nitrogen and oxygen atoms in total. The molecule has 2 aliphatic heterocycles. The first kappa shape index (κ1) is 46.7. The van der Waals surface area contributed by atoms with Gasteiger partial charge in [0.05, 0.1) is 24.3 Å². The fourth-order valence-electron chi connectivity index (χ4n) is 6.73. The van der Waals surface area contributed by atoms with E-state index in [0.717, 1.165) is 21.9 Å². The minimum atomic E-state index is -1.08. The summed E-state index contributed by atoms with van der Waals surface area (Å²) in [6, 6.07) is 3.89. The average Bonchev–Trinajstić information content (AvgIpc) is 3.63. The fraction of sp³-hybridized carbons (Fsp3) is 0.714. The maximum Gasteiger partial charge on any atom is 0.416 e. The number of imide groups is 1. The predicted molar refractivity (Wildman–Crippen MR) is 220 cm³/mol. The minimum Gasteiger partial charge on any atom is -0.497 e. The molecule has 4 N–H and O–H groups in total. The largest absolute Gasteiger partial charge is 0.497 e. The molecule has 5 amide bonds. The number of amides is 5. The highest BCUT2D eigenvalue weighted by Gasteiger charge is 2.39. The molecule has 0 aliphatic carbocycles. The lowest BCUT2D eigenvalue weighted by Gasteiger charge is -2.36. The second-order valence-corrected chi connectivity index (χ2v) is 17.8. The first-order valence-electron chi connectivity index (χ1n) is 20.3. The van der Waals surface area contributed by atoms with Crippen molar-refractivity contribution in [2.75, 3.05) is 19.4 Å². The Balaban J connectivity index is 2.00. The summed E-state index contributed by atoms with van der Waals surface area (Å²) in [5, 5.41) is 20.6. The Kier molecular flexibility index (Phi) is 18.2. The molecule has 2 aliphatic rings. The van der Waals surface area contributed by atoms with Gasteiger partial charge in [0, 0.05) is 31.1 Å². The Labute approximate surface area is 338 Å². The van der Waals surface area contributed by atoms with Crippen LogP contribution < -0.4 is 20.7 Å². The van der Waals surface area contributed by atoms with Crippen molar-refractivity contribution in [1.29, 1.82) is 0 Å². The Bertz CT molecular complexity index is 1510. The Hall–Kier alpha value is -3.65. The first-order valence-corrected chi connectivity index (χ1v) is 21.3. The molecule has 0 fully saturated rings. The number of carbonyl (C=O) groups excluding carboxylic acids is 5. The zero-order chi connectivity index (χ0) is 41.7. The quantitative estimate of drug-likeness (QED) is 0.259. The molecule has 0 saturated heterocycles. The summed E-state index contributed by atoms with van der Waals surface area (Å²) in [7, 11) is 1.56. The highest BCUT2D eigenvalue weighted by molar-refractivity contribution is 8.14. The van der Waals surface area contributed by atoms with Crippen molar-refractivity contribution in [3.8, 4) is 5.75 Å². The van der Waals surface area contributed by atoms with Gasteiger partial charge in [0.2, 0.25) is 17.7 Å². The number of aliphatic imine (C=N–C) groups is 1. The number of aliphatic hydroxyl groups excluding tert-OH is 1. The van der Waals surface area contributed by atoms with Crippen molar-refractivity contribution >= 4 is 46.5 Å². The Morgan fingerprint density at radius 1 is 1.00 bits per heavy atom. The average molecular weight is 802 g/mol. The number of fused-ring (bicyclic) bond motifs is 1. The smallest absolute Gasteiger partial charge is 0.416 e. The lowest BCUT2D eigenvalue weighted by molar-refractivity contribution is -0.138. The second-order valence-electron chi connectivity index (χ2n) is 16.8. The molecule has 2 heterocycles. The summed E-state index contributed by atoms with van der Waals surface area (Å²) >= 11 is 1.59. The van der Waals surface area contributed by atoms with Crippen LogP contribution in [0.4, 0.5) is 4.79 Å². The molecular formula is C42H67N5O8S. The maximum atomic E-state index is 14.3. The first-order chi connectivity index (χ1) is 26.4. The molecule has 56 heavy (non-hydrogen) atoms. The summed E-state index contributed by atoms with van der Waals surface area (Å²) in [5.41, 5.74) is 0.300. The van der Waals surface area contributed by atoms with Gasteiger partial charge < -0.3 is 30.5 Å². The number of aliphatic hydroxyl groups is 1. The van der Waals surface area contributed by atoms with Crippen LogP contribution in [0.2, 0.25) is 0 Å². The van der Waals surface area contributed by atoms with Crippen LogP contribution >= 0.6 is 11.8 Å². The molecule has 3 rings (SSSR count). The van der Waals surface area contributed by atoms with E-state index in [0.29, 0.717) is 43.6 Å². The number of ether oxygens (including phenoxy) is 2. The van der Waals surface area contributed by atoms with Crippen LogP contribution in [0.25, 0.3) is 0 Å². The Morgan fingerprint density at radius 2 is 1.68 bits per heavy atom. The van der Waals surface area contributed by atoms with Gasteiger partial charge in [-0.05, 0) is 67.6 Å². The number of unbranched alkanes of at least 4 members (excludes halogenated alkanes) is 1. The number of cyclic esters (lactones) is 1. The van der Waals surface area contributed by atoms with E-state index in [-0.39, 0.29) is 49.1 Å². The van der Waals surface area contributed by atoms with Crippen LogP contribution in [-0.4, -0.2) is 101 Å². The van der Waals surface area contributed by atoms with Crippen LogP contribution in [0.5, 0.6) is 5.75 Å². The van der Waals surface area contributed by atoms with E-state index in [1.165, 1.54) is 6.92 Å². The second kappa shape index (κ2) is 21.8. The number of nitrogens with zero attached hydrogens (tertiary/aromatic N) is 2. The fourth-order valence-corrected chi connectivity index (χ4v) is 7.97. The van der Waals surface area contributed by atoms with Gasteiger partial charge in [-0.2, -0.15) is 0 Å². The van der Waals surface area contributed by atoms with Gasteiger partial charge in [0.1, 0.15) is 30.0 Å². The van der Waals surface area contributed by atoms with Crippen LogP contribution in [0.1, 0.15) is 113 Å². The molecule has 0 aromatic heterocycles. The van der Waals surface area contributed by atoms with Gasteiger partial charge in [0.15, 0.2) is 0 Å². The number of carbonyl (C=O) groups is 5. The van der Waals surface area contributed by atoms with E-state index < -0.39 is 59.6 Å². The van der Waals surface area contributed by atoms with Crippen molar-refractivity contribution in [1.82, 2.24) is 20.9 Å². The summed E-state index contributed by atoms with van der Waals surface area (Å²) in [5.74, 6) is -1.35. The zero-order valence-corrected chi connectivity index (χ0v) is 36.0. The molecule has 2 bridgehead atoms. The highest BCUT2D eigenvalue weighted by Crippen LogP contribution is 2.33. The number of hydrogen-bond donors (Lipinski definition) is 4. The van der Waals surface area contributed by atoms with E-state index >= 15 is 0 Å². The van der Waals surface area contributed by atoms with Crippen LogP contribution in [0.15, 0.2) is 29.3 Å². The summed E-state index contributed by atoms with van der Waals surface area (Å²) in [6.45, 7) is 17.2. The summed E-state index contributed by atoms with van der Waals surface area (Å²) < 4.78 is 11.4. The monoisotopic (exact) mass is 801 g/mol. The molecule has 0 spiro atoms. The lowest BCUT2D eigenvalue weighted by Crippen LogP contribution is -2.58. The topological polar surface area (TPSA) is 176 Å². The van der Waals surface area contributed by atoms with E-state index in [2.05, 4.69) is 16.0 Å². The predicted octanol–water partition coefficient (Wildman–Crippen LogP) is 5.66. The molecule has 9 atom stereocenters. The third-order valence-corrected chi connectivity index (χ3v) is 12.2. The number of nitrogens with one attached hydrogen (secondary N) is 3. The van der Waals surface area contributed by atoms with Gasteiger partial charge in [-0.3, -0.25) is 24.2 Å². The summed E-state index contributed by atoms with van der Waals surface area (Å²) in [6.07, 6.45) is 1.43. The van der Waals surface area contributed by atoms with Gasteiger partial charge >= 0.3 is 6.09 Å². The van der Waals surface area contributed by atoms with Crippen LogP contribution in [0, 0.1) is 23.2 Å². The van der Waals surface area contributed by atoms with Crippen molar-refractivity contribution in [3.63, 3.8) is 0 Å². The molecule has 0 radical (unpaired) electrons. The van der Waals surface area contributed by atoms with Crippen LogP contribution in [0.3, 0.4) is 0 Å². The van der Waals surface area contributed by atoms with Crippen LogP contribution in [-0.2, 0) is 30.3 Å². The van der Waals surface area contributed by atoms with E-state index in [1.54, 1.807) is 31.0 Å². The molecule has 14 heteroatoms. The normalized spacial score (nSPS) is 28.9. The van der Waals surface area contributed by atoms with Gasteiger partial charge in [0.25, 0.3) is 5.91 Å². The standard InChI is InChI=1S/C42H67N5O8S/c1-11-13-20-47-40(52)36(26(4)12-2)46-37(50)28(6)43-38(51)32(23-29-14-17-31(54-10)18-15-29)45-35(49)19-16-30-24-56-39(44-30)27(5)33(48)21-25(3)22-34(42(7,8)9)55-41(47)53/h14-15,17-18,25-28,30,32-34,36,48H,11-13,16,19-24H2,1-10H3,(H,43,51)(H,45,49)(H,46,50)/t25-,26-,27+,28-,30+,32-,33-,34-,36-/m0/s1. The number of rotatable bonds is 8. The number of hydrogen-bond acceptors (Lipinski definition) is 10. The SMILES string of the molecule is CCCCN1C(=O)O[C@H](C(C)(C)C)C[C@@H](C)C[C@H](O)[C@@H](C)C2=N[C@H](CCC(=O)N[C@@H](Cc3ccc(OC)cc3)C(=O)N[C@@H](C)C(=O)N[C@@H]([C@@H](C)CC)C1=O)CS2. The molecule has 0 saturated carbocycles. The van der Waals surface area contributed by atoms with Crippen molar-refractivity contribution in [3.05, 3.63) is 29.8 Å². The molecule has 1 aromatic rings. The van der Waals surface area contributed by atoms with Crippen molar-refractivity contribution < 1.29 is 38.6 Å². The molecule has 0 unspecified atom stereocenters. The van der Waals surface area contributed by atoms with E-state index in [9.17, 15) is 29.1 Å². The molecular weight excluding hydrogens is 735 g/mol. The van der Waals surface area contributed by atoms with Crippen molar-refractivity contribution in [2.24, 2.45) is 28.2 Å². The minimum absolute atomic E-state index is 0.0315. The van der Waals surface area contributed by atoms with Crippen molar-refractivity contribution in [2.45, 2.75) is 150 Å². The van der Waals surface area contributed by atoms with Gasteiger partial charge in [-0.15, -0.1) is 11.8 Å². The number of methoxy groups -OCH3 is 1. The van der Waals surface area contributed by atoms with E-state index in [4.69, 9.17) is 14.5 Å². The third kappa shape index (κ3) is 13.8. The summed E-state index contributed by atoms with van der Waals surface area (Å²) in [4.78, 5) is 75.2. The maximum absolute atomic E-state index is 14.3. The lowest BCUT2D eigenvalue weighted by atomic mass is 9.81.